The zero-order valence-electron chi connectivity index (χ0n) is 12.7. The first kappa shape index (κ1) is 18.0. The molecule has 0 heterocycles. The van der Waals surface area contributed by atoms with Gasteiger partial charge in [0.1, 0.15) is 5.40 Å². The van der Waals surface area contributed by atoms with Crippen LogP contribution in [-0.4, -0.2) is 18.5 Å². The predicted octanol–water partition coefficient (Wildman–Crippen LogP) is 4.13. The van der Waals surface area contributed by atoms with Crippen molar-refractivity contribution in [3.05, 3.63) is 58.1 Å². The lowest BCUT2D eigenvalue weighted by Gasteiger charge is -2.10. The first-order valence-corrected chi connectivity index (χ1v) is 8.50. The van der Waals surface area contributed by atoms with Crippen molar-refractivity contribution in [1.29, 1.82) is 5.26 Å². The maximum atomic E-state index is 11.9. The Bertz CT molecular complexity index is 818. The number of amides is 1. The second-order valence-corrected chi connectivity index (χ2v) is 6.49. The summed E-state index contributed by atoms with van der Waals surface area (Å²) < 4.78 is 5.63. The van der Waals surface area contributed by atoms with Gasteiger partial charge in [0.2, 0.25) is 0 Å². The number of thioether (sulfide) groups is 1. The third kappa shape index (κ3) is 4.85. The first-order valence-electron chi connectivity index (χ1n) is 6.89. The van der Waals surface area contributed by atoms with Gasteiger partial charge in [-0.1, -0.05) is 12.1 Å². The molecule has 0 aliphatic rings. The van der Waals surface area contributed by atoms with Crippen LogP contribution in [0.1, 0.15) is 15.9 Å². The van der Waals surface area contributed by atoms with Gasteiger partial charge in [-0.2, -0.15) is 5.26 Å². The van der Waals surface area contributed by atoms with Gasteiger partial charge in [-0.15, -0.1) is 0 Å². The van der Waals surface area contributed by atoms with Gasteiger partial charge in [-0.25, -0.2) is 4.79 Å². The van der Waals surface area contributed by atoms with Crippen molar-refractivity contribution in [3.8, 4) is 5.40 Å². The van der Waals surface area contributed by atoms with Crippen molar-refractivity contribution < 1.29 is 14.3 Å². The Morgan fingerprint density at radius 3 is 2.71 bits per heavy atom. The maximum Gasteiger partial charge on any atom is 0.339 e. The van der Waals surface area contributed by atoms with E-state index in [1.165, 1.54) is 0 Å². The Hall–Kier alpha value is -2.30. The number of carbonyl (C=O) groups is 2. The van der Waals surface area contributed by atoms with E-state index < -0.39 is 11.9 Å². The third-order valence-corrected chi connectivity index (χ3v) is 4.34. The summed E-state index contributed by atoms with van der Waals surface area (Å²) in [5.74, 6) is -1.01. The Morgan fingerprint density at radius 2 is 2.04 bits per heavy atom. The van der Waals surface area contributed by atoms with Gasteiger partial charge in [0.15, 0.2) is 6.61 Å². The molecule has 7 heteroatoms. The number of hydrogen-bond donors (Lipinski definition) is 1. The molecule has 2 aromatic carbocycles. The molecule has 1 amide bonds. The minimum absolute atomic E-state index is 0.361. The van der Waals surface area contributed by atoms with Crippen molar-refractivity contribution in [2.75, 3.05) is 11.9 Å². The van der Waals surface area contributed by atoms with Gasteiger partial charge in [0.05, 0.1) is 5.56 Å². The summed E-state index contributed by atoms with van der Waals surface area (Å²) in [6.45, 7) is 1.44. The molecule has 0 radical (unpaired) electrons. The summed E-state index contributed by atoms with van der Waals surface area (Å²) in [5.41, 5.74) is 1.79. The van der Waals surface area contributed by atoms with Gasteiger partial charge in [0.25, 0.3) is 5.91 Å². The van der Waals surface area contributed by atoms with Crippen LogP contribution in [0.25, 0.3) is 0 Å². The number of rotatable bonds is 5. The summed E-state index contributed by atoms with van der Waals surface area (Å²) in [7, 11) is 0. The van der Waals surface area contributed by atoms with Crippen LogP contribution in [0, 0.1) is 17.6 Å². The smallest absolute Gasteiger partial charge is 0.339 e. The van der Waals surface area contributed by atoms with Crippen LogP contribution >= 0.6 is 27.7 Å². The van der Waals surface area contributed by atoms with Crippen molar-refractivity contribution in [1.82, 2.24) is 0 Å². The highest BCUT2D eigenvalue weighted by Gasteiger charge is 2.13. The fourth-order valence-electron chi connectivity index (χ4n) is 1.91. The number of thiocyanates is 1. The van der Waals surface area contributed by atoms with Crippen LogP contribution in [0.5, 0.6) is 0 Å². The Balaban J connectivity index is 1.93. The van der Waals surface area contributed by atoms with Crippen molar-refractivity contribution in [3.63, 3.8) is 0 Å². The maximum absolute atomic E-state index is 11.9. The number of aryl methyl sites for hydroxylation is 1. The molecule has 24 heavy (non-hydrogen) atoms. The molecule has 2 rings (SSSR count). The van der Waals surface area contributed by atoms with Crippen LogP contribution in [0.15, 0.2) is 51.8 Å². The molecule has 0 fully saturated rings. The number of nitriles is 1. The minimum atomic E-state index is -0.574. The van der Waals surface area contributed by atoms with Crippen molar-refractivity contribution in [2.45, 2.75) is 11.8 Å². The van der Waals surface area contributed by atoms with Crippen LogP contribution in [0.4, 0.5) is 5.69 Å². The van der Waals surface area contributed by atoms with E-state index in [-0.39, 0.29) is 6.61 Å². The Kier molecular flexibility index (Phi) is 6.41. The van der Waals surface area contributed by atoms with Gasteiger partial charge < -0.3 is 10.1 Å². The molecule has 0 aliphatic carbocycles. The molecular weight excluding hydrogens is 392 g/mol. The second-order valence-electron chi connectivity index (χ2n) is 4.77. The van der Waals surface area contributed by atoms with Crippen LogP contribution in [-0.2, 0) is 9.53 Å². The fraction of sp³-hybridized carbons (Fsp3) is 0.118. The predicted molar refractivity (Wildman–Crippen MR) is 95.7 cm³/mol. The van der Waals surface area contributed by atoms with Crippen molar-refractivity contribution >= 4 is 45.3 Å². The van der Waals surface area contributed by atoms with E-state index in [2.05, 4.69) is 21.2 Å². The number of anilines is 1. The summed E-state index contributed by atoms with van der Waals surface area (Å²) in [6, 6.07) is 12.1. The van der Waals surface area contributed by atoms with E-state index in [9.17, 15) is 9.59 Å². The van der Waals surface area contributed by atoms with Gasteiger partial charge >= 0.3 is 5.97 Å². The van der Waals surface area contributed by atoms with E-state index in [1.54, 1.807) is 42.5 Å². The molecule has 5 nitrogen and oxygen atoms in total. The molecule has 0 unspecified atom stereocenters. The highest BCUT2D eigenvalue weighted by atomic mass is 79.9. The lowest BCUT2D eigenvalue weighted by molar-refractivity contribution is -0.119. The molecule has 0 bridgehead atoms. The molecule has 2 aromatic rings. The van der Waals surface area contributed by atoms with Gasteiger partial charge in [-0.05, 0) is 70.5 Å². The average Bonchev–Trinajstić information content (AvgIpc) is 2.56. The van der Waals surface area contributed by atoms with E-state index >= 15 is 0 Å². The van der Waals surface area contributed by atoms with Crippen LogP contribution in [0.3, 0.4) is 0 Å². The molecule has 0 saturated carbocycles. The van der Waals surface area contributed by atoms with E-state index in [0.29, 0.717) is 15.7 Å². The largest absolute Gasteiger partial charge is 0.452 e. The van der Waals surface area contributed by atoms with Crippen LogP contribution < -0.4 is 5.32 Å². The van der Waals surface area contributed by atoms with Gasteiger partial charge in [-0.3, -0.25) is 4.79 Å². The molecule has 0 saturated heterocycles. The average molecular weight is 405 g/mol. The molecular formula is C17H13BrN2O3S. The number of ether oxygens (including phenoxy) is 1. The number of nitrogens with one attached hydrogen (secondary N) is 1. The molecule has 0 aromatic heterocycles. The molecule has 1 N–H and O–H groups in total. The number of benzene rings is 2. The molecule has 0 spiro atoms. The van der Waals surface area contributed by atoms with Gasteiger partial charge in [0, 0.05) is 15.1 Å². The number of carbonyl (C=O) groups excluding carboxylic acids is 2. The summed E-state index contributed by atoms with van der Waals surface area (Å²) in [5, 5.41) is 13.3. The highest BCUT2D eigenvalue weighted by Crippen LogP contribution is 2.23. The quantitative estimate of drug-likeness (QED) is 0.460. The standard InChI is InChI=1S/C17H13BrN2O3S/c1-11-8-12(24-10-19)6-7-15(11)20-16(21)9-23-17(22)13-4-2-3-5-14(13)18/h2-8H,9H2,1H3,(H,20,21). The lowest BCUT2D eigenvalue weighted by atomic mass is 10.2. The monoisotopic (exact) mass is 404 g/mol. The summed E-state index contributed by atoms with van der Waals surface area (Å²) in [6.07, 6.45) is 0. The SMILES string of the molecule is Cc1cc(SC#N)ccc1NC(=O)COC(=O)c1ccccc1Br. The highest BCUT2D eigenvalue weighted by molar-refractivity contribution is 9.10. The molecule has 0 atom stereocenters. The van der Waals surface area contributed by atoms with E-state index in [0.717, 1.165) is 22.2 Å². The number of nitrogens with zero attached hydrogens (tertiary/aromatic N) is 1. The number of esters is 1. The third-order valence-electron chi connectivity index (χ3n) is 3.06. The molecule has 122 valence electrons. The number of hydrogen-bond acceptors (Lipinski definition) is 5. The zero-order valence-corrected chi connectivity index (χ0v) is 15.1. The minimum Gasteiger partial charge on any atom is -0.452 e. The van der Waals surface area contributed by atoms with E-state index in [4.69, 9.17) is 10.00 Å². The second kappa shape index (κ2) is 8.52. The van der Waals surface area contributed by atoms with Crippen molar-refractivity contribution in [2.24, 2.45) is 0 Å². The zero-order chi connectivity index (χ0) is 17.5. The normalized spacial score (nSPS) is 9.88. The topological polar surface area (TPSA) is 79.2 Å². The molecule has 0 aliphatic heterocycles. The summed E-state index contributed by atoms with van der Waals surface area (Å²) in [4.78, 5) is 24.7. The lowest BCUT2D eigenvalue weighted by Crippen LogP contribution is -2.21. The van der Waals surface area contributed by atoms with Crippen LogP contribution in [0.2, 0.25) is 0 Å². The van der Waals surface area contributed by atoms with E-state index in [1.807, 2.05) is 12.3 Å². The Morgan fingerprint density at radius 1 is 1.29 bits per heavy atom. The number of halogens is 1. The first-order chi connectivity index (χ1) is 11.5. The fourth-order valence-corrected chi connectivity index (χ4v) is 2.84. The summed E-state index contributed by atoms with van der Waals surface area (Å²) >= 11 is 4.31. The Labute approximate surface area is 152 Å².